The molecule has 6 rings (SSSR count). The second-order valence-corrected chi connectivity index (χ2v) is 11.3. The molecule has 4 aromatic rings. The lowest BCUT2D eigenvalue weighted by molar-refractivity contribution is -0.137. The molecule has 1 amide bonds. The van der Waals surface area contributed by atoms with Crippen LogP contribution in [0.2, 0.25) is 0 Å². The highest BCUT2D eigenvalue weighted by molar-refractivity contribution is 6.08. The summed E-state index contributed by atoms with van der Waals surface area (Å²) in [6.45, 7) is 8.23. The molecule has 1 saturated heterocycles. The van der Waals surface area contributed by atoms with E-state index in [9.17, 15) is 18.0 Å². The molecule has 2 aliphatic heterocycles. The number of alkyl halides is 3. The number of nitrogens with one attached hydrogen (secondary N) is 1. The van der Waals surface area contributed by atoms with Crippen molar-refractivity contribution in [1.82, 2.24) is 14.8 Å². The highest BCUT2D eigenvalue weighted by Crippen LogP contribution is 2.37. The molecule has 2 aliphatic rings. The van der Waals surface area contributed by atoms with E-state index in [-0.39, 0.29) is 19.2 Å². The number of benzene rings is 3. The van der Waals surface area contributed by atoms with Crippen molar-refractivity contribution in [2.75, 3.05) is 45.3 Å². The number of likely N-dealkylation sites (tertiary alicyclic amines) is 1. The summed E-state index contributed by atoms with van der Waals surface area (Å²) >= 11 is 0. The zero-order valence-electron chi connectivity index (χ0n) is 25.9. The molecule has 1 aromatic heterocycles. The van der Waals surface area contributed by atoms with E-state index in [1.54, 1.807) is 11.0 Å². The molecule has 3 aromatic carbocycles. The molecule has 7 nitrogen and oxygen atoms in total. The molecule has 0 bridgehead atoms. The minimum absolute atomic E-state index is 0.104. The quantitative estimate of drug-likeness (QED) is 0.217. The van der Waals surface area contributed by atoms with Crippen molar-refractivity contribution >= 4 is 22.6 Å². The van der Waals surface area contributed by atoms with Gasteiger partial charge in [-0.1, -0.05) is 31.2 Å². The molecule has 0 spiro atoms. The van der Waals surface area contributed by atoms with E-state index in [2.05, 4.69) is 17.3 Å². The fraction of sp³-hybridized carbons (Fsp3) is 0.371. The number of hydrogen-bond acceptors (Lipinski definition) is 6. The number of carbonyl (C=O) groups is 1. The average Bonchev–Trinajstić information content (AvgIpc) is 3.73. The van der Waals surface area contributed by atoms with Gasteiger partial charge in [-0.25, -0.2) is 4.98 Å². The number of halogens is 3. The maximum atomic E-state index is 13.7. The lowest BCUT2D eigenvalue weighted by atomic mass is 9.99. The predicted molar refractivity (Wildman–Crippen MR) is 171 cm³/mol. The molecule has 10 heteroatoms. The van der Waals surface area contributed by atoms with Gasteiger partial charge in [0.25, 0.3) is 5.91 Å². The molecule has 3 heterocycles. The Morgan fingerprint density at radius 3 is 2.27 bits per heavy atom. The fourth-order valence-corrected chi connectivity index (χ4v) is 5.47. The van der Waals surface area contributed by atoms with E-state index in [0.29, 0.717) is 52.4 Å². The summed E-state index contributed by atoms with van der Waals surface area (Å²) in [4.78, 5) is 22.5. The molecule has 0 atom stereocenters. The smallest absolute Gasteiger partial charge is 0.416 e. The molecule has 0 radical (unpaired) electrons. The van der Waals surface area contributed by atoms with Gasteiger partial charge in [0.2, 0.25) is 6.79 Å². The topological polar surface area (TPSA) is 66.9 Å². The maximum Gasteiger partial charge on any atom is 0.416 e. The van der Waals surface area contributed by atoms with Gasteiger partial charge in [-0.05, 0) is 105 Å². The van der Waals surface area contributed by atoms with Crippen LogP contribution in [0.4, 0.5) is 19.0 Å². The summed E-state index contributed by atoms with van der Waals surface area (Å²) in [5, 5.41) is 3.89. The minimum Gasteiger partial charge on any atom is -0.454 e. The largest absolute Gasteiger partial charge is 0.454 e. The number of pyridine rings is 1. The number of anilines is 1. The SMILES string of the molecule is CCCN(CC)C(=O)c1cc(NCc2ccc(C(F)(F)F)cc2)nc2ccc(-c3ccc4c(c3)OCO4)cc12.CN1CCCC1. The molecule has 1 N–H and O–H groups in total. The van der Waals surface area contributed by atoms with Crippen LogP contribution in [-0.4, -0.2) is 60.7 Å². The zero-order valence-corrected chi connectivity index (χ0v) is 25.9. The van der Waals surface area contributed by atoms with Crippen molar-refractivity contribution in [2.24, 2.45) is 0 Å². The van der Waals surface area contributed by atoms with Crippen molar-refractivity contribution in [3.05, 3.63) is 83.4 Å². The minimum atomic E-state index is -4.38. The van der Waals surface area contributed by atoms with Crippen LogP contribution in [0.25, 0.3) is 22.0 Å². The number of amides is 1. The third-order valence-corrected chi connectivity index (χ3v) is 7.99. The van der Waals surface area contributed by atoms with Crippen LogP contribution in [0.3, 0.4) is 0 Å². The van der Waals surface area contributed by atoms with Gasteiger partial charge in [0, 0.05) is 25.0 Å². The average molecular weight is 621 g/mol. The molecular formula is C35H39F3N4O3. The van der Waals surface area contributed by atoms with E-state index in [0.717, 1.165) is 29.7 Å². The normalized spacial score (nSPS) is 14.3. The van der Waals surface area contributed by atoms with Gasteiger partial charge in [0.05, 0.1) is 16.6 Å². The van der Waals surface area contributed by atoms with Crippen molar-refractivity contribution in [2.45, 2.75) is 45.8 Å². The van der Waals surface area contributed by atoms with Gasteiger partial charge in [0.15, 0.2) is 11.5 Å². The number of ether oxygens (including phenoxy) is 2. The van der Waals surface area contributed by atoms with Gasteiger partial charge in [0.1, 0.15) is 5.82 Å². The van der Waals surface area contributed by atoms with Crippen LogP contribution in [0.1, 0.15) is 54.6 Å². The maximum absolute atomic E-state index is 13.7. The molecule has 0 unspecified atom stereocenters. The Kier molecular flexibility index (Phi) is 10.1. The third kappa shape index (κ3) is 7.86. The summed E-state index contributed by atoms with van der Waals surface area (Å²) in [6.07, 6.45) is -0.735. The Bertz CT molecular complexity index is 1620. The highest BCUT2D eigenvalue weighted by Gasteiger charge is 2.30. The van der Waals surface area contributed by atoms with E-state index >= 15 is 0 Å². The fourth-order valence-electron chi connectivity index (χ4n) is 5.47. The second-order valence-electron chi connectivity index (χ2n) is 11.3. The van der Waals surface area contributed by atoms with E-state index < -0.39 is 11.7 Å². The summed E-state index contributed by atoms with van der Waals surface area (Å²) in [5.41, 5.74) is 2.93. The Balaban J connectivity index is 0.000000598. The van der Waals surface area contributed by atoms with Crippen LogP contribution >= 0.6 is 0 Å². The number of fused-ring (bicyclic) bond motifs is 2. The van der Waals surface area contributed by atoms with Crippen LogP contribution in [0.5, 0.6) is 11.5 Å². The first-order valence-corrected chi connectivity index (χ1v) is 15.4. The van der Waals surface area contributed by atoms with Crippen molar-refractivity contribution < 1.29 is 27.4 Å². The van der Waals surface area contributed by atoms with E-state index in [4.69, 9.17) is 14.5 Å². The highest BCUT2D eigenvalue weighted by atomic mass is 19.4. The zero-order chi connectivity index (χ0) is 32.0. The van der Waals surface area contributed by atoms with Gasteiger partial charge >= 0.3 is 6.18 Å². The number of aromatic nitrogens is 1. The van der Waals surface area contributed by atoms with Gasteiger partial charge < -0.3 is 24.6 Å². The molecule has 0 saturated carbocycles. The summed E-state index contributed by atoms with van der Waals surface area (Å²) < 4.78 is 49.7. The predicted octanol–water partition coefficient (Wildman–Crippen LogP) is 7.85. The third-order valence-electron chi connectivity index (χ3n) is 7.99. The lowest BCUT2D eigenvalue weighted by Gasteiger charge is -2.22. The monoisotopic (exact) mass is 620 g/mol. The second kappa shape index (κ2) is 14.2. The standard InChI is InChI=1S/C30H28F3N3O3.C5H11N/c1-3-13-36(4-2)29(37)24-16-28(34-17-19-5-9-22(10-6-19)30(31,32)33)35-25-11-7-20(14-23(24)25)21-8-12-26-27(15-21)39-18-38-26;1-6-4-2-3-5-6/h5-12,14-16H,3-4,13,17-18H2,1-2H3,(H,34,35);2-5H2,1H3. The summed E-state index contributed by atoms with van der Waals surface area (Å²) in [6, 6.07) is 18.2. The van der Waals surface area contributed by atoms with E-state index in [1.807, 2.05) is 50.2 Å². The number of nitrogens with zero attached hydrogens (tertiary/aromatic N) is 3. The Morgan fingerprint density at radius 2 is 1.62 bits per heavy atom. The Labute approximate surface area is 262 Å². The van der Waals surface area contributed by atoms with Crippen LogP contribution in [0, 0.1) is 0 Å². The van der Waals surface area contributed by atoms with Gasteiger partial charge in [-0.3, -0.25) is 4.79 Å². The van der Waals surface area contributed by atoms with Crippen molar-refractivity contribution in [3.8, 4) is 22.6 Å². The number of rotatable bonds is 8. The number of hydrogen-bond donors (Lipinski definition) is 1. The van der Waals surface area contributed by atoms with E-state index in [1.165, 1.54) is 38.1 Å². The first-order chi connectivity index (χ1) is 21.7. The molecule has 238 valence electrons. The first-order valence-electron chi connectivity index (χ1n) is 15.4. The summed E-state index contributed by atoms with van der Waals surface area (Å²) in [5.74, 6) is 1.73. The van der Waals surface area contributed by atoms with Gasteiger partial charge in [-0.2, -0.15) is 13.2 Å². The van der Waals surface area contributed by atoms with Crippen molar-refractivity contribution in [1.29, 1.82) is 0 Å². The molecule has 0 aliphatic carbocycles. The first kappa shape index (κ1) is 32.1. The molecular weight excluding hydrogens is 581 g/mol. The van der Waals surface area contributed by atoms with Crippen LogP contribution in [0.15, 0.2) is 66.7 Å². The number of carbonyl (C=O) groups excluding carboxylic acids is 1. The Hall–Kier alpha value is -4.31. The molecule has 45 heavy (non-hydrogen) atoms. The van der Waals surface area contributed by atoms with Crippen LogP contribution in [-0.2, 0) is 12.7 Å². The van der Waals surface area contributed by atoms with Crippen LogP contribution < -0.4 is 14.8 Å². The van der Waals surface area contributed by atoms with Gasteiger partial charge in [-0.15, -0.1) is 0 Å². The van der Waals surface area contributed by atoms with Crippen molar-refractivity contribution in [3.63, 3.8) is 0 Å². The molecule has 1 fully saturated rings. The summed E-state index contributed by atoms with van der Waals surface area (Å²) in [7, 11) is 2.17. The Morgan fingerprint density at radius 1 is 0.933 bits per heavy atom. The lowest BCUT2D eigenvalue weighted by Crippen LogP contribution is -2.31.